The summed E-state index contributed by atoms with van der Waals surface area (Å²) in [4.78, 5) is 35.4. The van der Waals surface area contributed by atoms with Crippen molar-refractivity contribution in [2.45, 2.75) is 38.5 Å². The Bertz CT molecular complexity index is 869. The molecule has 2 amide bonds. The van der Waals surface area contributed by atoms with E-state index in [1.165, 1.54) is 24.2 Å². The van der Waals surface area contributed by atoms with E-state index in [0.717, 1.165) is 48.7 Å². The van der Waals surface area contributed by atoms with Crippen molar-refractivity contribution in [3.8, 4) is 0 Å². The fourth-order valence-corrected chi connectivity index (χ4v) is 5.11. The molecule has 0 radical (unpaired) electrons. The van der Waals surface area contributed by atoms with E-state index in [4.69, 9.17) is 4.98 Å². The molecule has 30 heavy (non-hydrogen) atoms. The molecule has 2 saturated heterocycles. The van der Waals surface area contributed by atoms with Gasteiger partial charge in [0.25, 0.3) is 11.8 Å². The third-order valence-electron chi connectivity index (χ3n) is 6.12. The maximum atomic E-state index is 12.9. The van der Waals surface area contributed by atoms with Crippen LogP contribution in [0.25, 0.3) is 0 Å². The van der Waals surface area contributed by atoms with Gasteiger partial charge in [-0.25, -0.2) is 0 Å². The summed E-state index contributed by atoms with van der Waals surface area (Å²) in [6.07, 6.45) is 4.19. The minimum absolute atomic E-state index is 0.0335. The van der Waals surface area contributed by atoms with Gasteiger partial charge < -0.3 is 15.1 Å². The van der Waals surface area contributed by atoms with Crippen LogP contribution in [-0.2, 0) is 0 Å². The Morgan fingerprint density at radius 2 is 1.90 bits per heavy atom. The second kappa shape index (κ2) is 9.71. The van der Waals surface area contributed by atoms with Crippen LogP contribution in [-0.4, -0.2) is 65.9 Å². The number of likely N-dealkylation sites (tertiary alicyclic amines) is 2. The highest BCUT2D eigenvalue weighted by molar-refractivity contribution is 7.12. The van der Waals surface area contributed by atoms with Crippen molar-refractivity contribution in [1.82, 2.24) is 20.1 Å². The fourth-order valence-electron chi connectivity index (χ4n) is 4.42. The third kappa shape index (κ3) is 4.90. The third-order valence-corrected chi connectivity index (χ3v) is 6.98. The smallest absolute Gasteiger partial charge is 0.263 e. The first kappa shape index (κ1) is 21.0. The van der Waals surface area contributed by atoms with Crippen molar-refractivity contribution in [3.63, 3.8) is 0 Å². The molecule has 4 rings (SSSR count). The number of hydrogen-bond acceptors (Lipinski definition) is 5. The van der Waals surface area contributed by atoms with Gasteiger partial charge in [-0.05, 0) is 69.3 Å². The second-order valence-electron chi connectivity index (χ2n) is 8.23. The Morgan fingerprint density at radius 3 is 2.60 bits per heavy atom. The largest absolute Gasteiger partial charge is 0.351 e. The molecule has 7 heteroatoms. The van der Waals surface area contributed by atoms with Crippen molar-refractivity contribution >= 4 is 23.2 Å². The first-order valence-electron chi connectivity index (χ1n) is 10.9. The molecule has 2 aliphatic heterocycles. The molecule has 4 heterocycles. The first-order chi connectivity index (χ1) is 14.6. The molecule has 2 fully saturated rings. The van der Waals surface area contributed by atoms with Crippen LogP contribution in [0.15, 0.2) is 29.6 Å². The number of piperidine rings is 1. The van der Waals surface area contributed by atoms with Gasteiger partial charge in [0, 0.05) is 37.8 Å². The molecule has 0 bridgehead atoms. The predicted molar refractivity (Wildman–Crippen MR) is 119 cm³/mol. The highest BCUT2D eigenvalue weighted by atomic mass is 32.1. The predicted octanol–water partition coefficient (Wildman–Crippen LogP) is 3.30. The first-order valence-corrected chi connectivity index (χ1v) is 11.8. The van der Waals surface area contributed by atoms with Gasteiger partial charge in [-0.3, -0.25) is 14.6 Å². The van der Waals surface area contributed by atoms with Gasteiger partial charge in [0.1, 0.15) is 0 Å². The van der Waals surface area contributed by atoms with Crippen molar-refractivity contribution < 1.29 is 9.59 Å². The summed E-state index contributed by atoms with van der Waals surface area (Å²) >= 11 is 1.49. The lowest BCUT2D eigenvalue weighted by Crippen LogP contribution is -2.38. The lowest BCUT2D eigenvalue weighted by Gasteiger charge is -2.32. The molecule has 0 aliphatic carbocycles. The number of rotatable bonds is 6. The van der Waals surface area contributed by atoms with Crippen molar-refractivity contribution in [3.05, 3.63) is 51.5 Å². The van der Waals surface area contributed by atoms with Crippen LogP contribution in [0.2, 0.25) is 0 Å². The number of nitrogens with one attached hydrogen (secondary N) is 1. The van der Waals surface area contributed by atoms with E-state index in [1.807, 2.05) is 41.5 Å². The lowest BCUT2D eigenvalue weighted by molar-refractivity contribution is 0.0715. The van der Waals surface area contributed by atoms with E-state index in [0.29, 0.717) is 25.2 Å². The van der Waals surface area contributed by atoms with Crippen LogP contribution in [0.4, 0.5) is 0 Å². The molecule has 0 spiro atoms. The standard InChI is InChI=1S/C23H30N4O2S/c1-17-6-7-19(22(28)24-10-15-26-11-2-3-12-26)21(25-17)18-8-13-27(14-9-18)23(29)20-5-4-16-30-20/h4-7,16,18H,2-3,8-15H2,1H3,(H,24,28). The maximum Gasteiger partial charge on any atom is 0.263 e. The lowest BCUT2D eigenvalue weighted by atomic mass is 9.89. The number of pyridine rings is 1. The van der Waals surface area contributed by atoms with E-state index in [1.54, 1.807) is 0 Å². The number of amides is 2. The summed E-state index contributed by atoms with van der Waals surface area (Å²) in [5, 5.41) is 5.02. The zero-order chi connectivity index (χ0) is 20.9. The van der Waals surface area contributed by atoms with E-state index in [2.05, 4.69) is 10.2 Å². The minimum atomic E-state index is -0.0335. The molecule has 0 unspecified atom stereocenters. The number of aryl methyl sites for hydroxylation is 1. The zero-order valence-electron chi connectivity index (χ0n) is 17.6. The molecule has 0 aromatic carbocycles. The van der Waals surface area contributed by atoms with Gasteiger partial charge >= 0.3 is 0 Å². The second-order valence-corrected chi connectivity index (χ2v) is 9.18. The fraction of sp³-hybridized carbons (Fsp3) is 0.522. The molecule has 2 aromatic rings. The monoisotopic (exact) mass is 426 g/mol. The Balaban J connectivity index is 1.38. The SMILES string of the molecule is Cc1ccc(C(=O)NCCN2CCCC2)c(C2CCN(C(=O)c3cccs3)CC2)n1. The Kier molecular flexibility index (Phi) is 6.79. The van der Waals surface area contributed by atoms with Gasteiger partial charge in [0.15, 0.2) is 0 Å². The molecule has 6 nitrogen and oxygen atoms in total. The zero-order valence-corrected chi connectivity index (χ0v) is 18.4. The summed E-state index contributed by atoms with van der Waals surface area (Å²) in [6.45, 7) is 7.21. The molecular weight excluding hydrogens is 396 g/mol. The quantitative estimate of drug-likeness (QED) is 0.770. The van der Waals surface area contributed by atoms with Crippen LogP contribution in [0.3, 0.4) is 0 Å². The molecule has 2 aliphatic rings. The molecular formula is C23H30N4O2S. The summed E-state index contributed by atoms with van der Waals surface area (Å²) in [7, 11) is 0. The van der Waals surface area contributed by atoms with Crippen LogP contribution < -0.4 is 5.32 Å². The van der Waals surface area contributed by atoms with E-state index in [9.17, 15) is 9.59 Å². The van der Waals surface area contributed by atoms with Gasteiger partial charge in [-0.2, -0.15) is 0 Å². The molecule has 0 atom stereocenters. The van der Waals surface area contributed by atoms with Gasteiger partial charge in [-0.1, -0.05) is 6.07 Å². The summed E-state index contributed by atoms with van der Waals surface area (Å²) in [6, 6.07) is 7.61. The normalized spacial score (nSPS) is 18.0. The van der Waals surface area contributed by atoms with Gasteiger partial charge in [-0.15, -0.1) is 11.3 Å². The number of carbonyl (C=O) groups is 2. The number of thiophene rings is 1. The number of carbonyl (C=O) groups excluding carboxylic acids is 2. The van der Waals surface area contributed by atoms with Gasteiger partial charge in [0.2, 0.25) is 0 Å². The molecule has 2 aromatic heterocycles. The van der Waals surface area contributed by atoms with Crippen LogP contribution in [0.5, 0.6) is 0 Å². The number of nitrogens with zero attached hydrogens (tertiary/aromatic N) is 3. The summed E-state index contributed by atoms with van der Waals surface area (Å²) < 4.78 is 0. The van der Waals surface area contributed by atoms with Crippen LogP contribution >= 0.6 is 11.3 Å². The highest BCUT2D eigenvalue weighted by Gasteiger charge is 2.28. The van der Waals surface area contributed by atoms with Gasteiger partial charge in [0.05, 0.1) is 16.1 Å². The molecule has 160 valence electrons. The van der Waals surface area contributed by atoms with Crippen LogP contribution in [0.1, 0.15) is 63.0 Å². The van der Waals surface area contributed by atoms with E-state index in [-0.39, 0.29) is 17.7 Å². The number of hydrogen-bond donors (Lipinski definition) is 1. The Labute approximate surface area is 182 Å². The topological polar surface area (TPSA) is 65.5 Å². The Hall–Kier alpha value is -2.25. The maximum absolute atomic E-state index is 12.9. The van der Waals surface area contributed by atoms with E-state index >= 15 is 0 Å². The van der Waals surface area contributed by atoms with Crippen LogP contribution in [0, 0.1) is 6.92 Å². The minimum Gasteiger partial charge on any atom is -0.351 e. The average Bonchev–Trinajstić information content (AvgIpc) is 3.47. The Morgan fingerprint density at radius 1 is 1.13 bits per heavy atom. The van der Waals surface area contributed by atoms with Crippen molar-refractivity contribution in [2.24, 2.45) is 0 Å². The summed E-state index contributed by atoms with van der Waals surface area (Å²) in [5.41, 5.74) is 2.50. The van der Waals surface area contributed by atoms with Crippen molar-refractivity contribution in [1.29, 1.82) is 0 Å². The average molecular weight is 427 g/mol. The molecule has 0 saturated carbocycles. The highest BCUT2D eigenvalue weighted by Crippen LogP contribution is 2.30. The summed E-state index contributed by atoms with van der Waals surface area (Å²) in [5.74, 6) is 0.283. The van der Waals surface area contributed by atoms with Crippen molar-refractivity contribution in [2.75, 3.05) is 39.3 Å². The number of aromatic nitrogens is 1. The van der Waals surface area contributed by atoms with E-state index < -0.39 is 0 Å². The molecule has 1 N–H and O–H groups in total.